The van der Waals surface area contributed by atoms with Gasteiger partial charge >= 0.3 is 98.5 Å². The molecular weight excluding hydrogens is 266 g/mol. The molecule has 0 spiro atoms. The van der Waals surface area contributed by atoms with Crippen LogP contribution in [0.3, 0.4) is 0 Å². The number of rotatable bonds is 0. The minimum atomic E-state index is 0. The molecule has 3 aliphatic heterocycles. The van der Waals surface area contributed by atoms with E-state index in [4.69, 9.17) is 0 Å². The molecule has 3 aliphatic rings. The second-order valence-electron chi connectivity index (χ2n) is 4.02. The summed E-state index contributed by atoms with van der Waals surface area (Å²) < 4.78 is 1.39. The van der Waals surface area contributed by atoms with Crippen LogP contribution in [0, 0.1) is 5.92 Å². The summed E-state index contributed by atoms with van der Waals surface area (Å²) >= 11 is 0. The normalized spacial score (nSPS) is 40.6. The van der Waals surface area contributed by atoms with Crippen molar-refractivity contribution in [2.75, 3.05) is 26.7 Å². The molecule has 3 saturated heterocycles. The van der Waals surface area contributed by atoms with Gasteiger partial charge in [0.1, 0.15) is 0 Å². The molecule has 3 rings (SSSR count). The van der Waals surface area contributed by atoms with E-state index in [2.05, 4.69) is 7.05 Å². The maximum Gasteiger partial charge on any atom is 1.00 e. The van der Waals surface area contributed by atoms with E-state index < -0.39 is 0 Å². The number of hydrogen-bond acceptors (Lipinski definition) is 0. The van der Waals surface area contributed by atoms with Gasteiger partial charge in [-0.15, -0.1) is 0 Å². The van der Waals surface area contributed by atoms with E-state index >= 15 is 0 Å². The third-order valence-corrected chi connectivity index (χ3v) is 3.23. The van der Waals surface area contributed by atoms with Crippen molar-refractivity contribution in [2.24, 2.45) is 5.92 Å². The van der Waals surface area contributed by atoms with Crippen LogP contribution in [0.2, 0.25) is 0 Å². The van der Waals surface area contributed by atoms with Gasteiger partial charge in [-0.05, 0) is 25.2 Å². The molecule has 0 aliphatic carbocycles. The number of quaternary nitrogens is 1. The molecule has 0 radical (unpaired) electrons. The average molecular weight is 282 g/mol. The van der Waals surface area contributed by atoms with Crippen LogP contribution in [0.15, 0.2) is 0 Å². The van der Waals surface area contributed by atoms with Gasteiger partial charge in [0, 0.05) is 0 Å². The van der Waals surface area contributed by atoms with Crippen molar-refractivity contribution < 1.29 is 103 Å². The monoisotopic (exact) mass is 282 g/mol. The maximum absolute atomic E-state index is 2.41. The zero-order chi connectivity index (χ0) is 6.32. The zero-order valence-corrected chi connectivity index (χ0v) is 16.5. The van der Waals surface area contributed by atoms with E-state index in [1.165, 1.54) is 43.4 Å². The molecule has 3 fully saturated rings. The summed E-state index contributed by atoms with van der Waals surface area (Å²) in [6, 6.07) is 0. The van der Waals surface area contributed by atoms with Crippen LogP contribution in [-0.4, -0.2) is 31.2 Å². The Hall–Kier alpha value is 3.01. The molecular formula is C8H16CsNNa+3. The van der Waals surface area contributed by atoms with Crippen LogP contribution in [0.25, 0.3) is 0 Å². The first-order valence-corrected chi connectivity index (χ1v) is 4.12. The molecule has 0 aromatic rings. The van der Waals surface area contributed by atoms with Crippen LogP contribution in [0.4, 0.5) is 0 Å². The Morgan fingerprint density at radius 1 is 1.00 bits per heavy atom. The van der Waals surface area contributed by atoms with E-state index in [0.717, 1.165) is 5.92 Å². The molecule has 2 bridgehead atoms. The second kappa shape index (κ2) is 5.79. The van der Waals surface area contributed by atoms with Gasteiger partial charge in [-0.25, -0.2) is 0 Å². The molecule has 0 amide bonds. The summed E-state index contributed by atoms with van der Waals surface area (Å²) in [7, 11) is 2.41. The average Bonchev–Trinajstić information content (AvgIpc) is 1.90. The molecule has 3 heterocycles. The molecule has 0 aromatic carbocycles. The molecule has 0 aromatic heterocycles. The van der Waals surface area contributed by atoms with Gasteiger partial charge in [0.25, 0.3) is 0 Å². The molecule has 11 heavy (non-hydrogen) atoms. The van der Waals surface area contributed by atoms with Crippen LogP contribution < -0.4 is 98.5 Å². The first-order chi connectivity index (χ1) is 4.29. The van der Waals surface area contributed by atoms with E-state index in [0.29, 0.717) is 0 Å². The second-order valence-corrected chi connectivity index (χ2v) is 4.02. The number of nitrogens with zero attached hydrogens (tertiary/aromatic N) is 1. The van der Waals surface area contributed by atoms with Gasteiger partial charge in [0.05, 0.1) is 26.7 Å². The number of fused-ring (bicyclic) bond motifs is 3. The van der Waals surface area contributed by atoms with Crippen molar-refractivity contribution >= 4 is 0 Å². The zero-order valence-electron chi connectivity index (χ0n) is 8.27. The third-order valence-electron chi connectivity index (χ3n) is 3.23. The van der Waals surface area contributed by atoms with Crippen molar-refractivity contribution in [3.8, 4) is 0 Å². The smallest absolute Gasteiger partial charge is 0.326 e. The van der Waals surface area contributed by atoms with Crippen molar-refractivity contribution in [2.45, 2.75) is 19.3 Å². The van der Waals surface area contributed by atoms with Crippen LogP contribution in [0.5, 0.6) is 0 Å². The summed E-state index contributed by atoms with van der Waals surface area (Å²) in [5.74, 6) is 1.12. The SMILES string of the molecule is C[N+]12CCC(CC1)CC2.[Cs+].[Na+]. The van der Waals surface area contributed by atoms with Crippen LogP contribution in [0.1, 0.15) is 19.3 Å². The summed E-state index contributed by atoms with van der Waals surface area (Å²) in [6.07, 6.45) is 4.53. The fraction of sp³-hybridized carbons (Fsp3) is 1.00. The maximum atomic E-state index is 2.41. The van der Waals surface area contributed by atoms with Gasteiger partial charge in [-0.1, -0.05) is 0 Å². The van der Waals surface area contributed by atoms with Gasteiger partial charge in [-0.2, -0.15) is 0 Å². The third kappa shape index (κ3) is 3.57. The standard InChI is InChI=1S/C8H16N.Cs.Na/c1-9-5-2-8(3-6-9)4-7-9;;/h8H,2-7H2,1H3;;/q3*+1. The first-order valence-electron chi connectivity index (χ1n) is 4.12. The Labute approximate surface area is 151 Å². The summed E-state index contributed by atoms with van der Waals surface area (Å²) in [4.78, 5) is 0. The fourth-order valence-corrected chi connectivity index (χ4v) is 2.25. The fourth-order valence-electron chi connectivity index (χ4n) is 2.25. The number of piperidine rings is 3. The van der Waals surface area contributed by atoms with Crippen molar-refractivity contribution in [1.82, 2.24) is 0 Å². The van der Waals surface area contributed by atoms with E-state index in [1.807, 2.05) is 0 Å². The van der Waals surface area contributed by atoms with Gasteiger partial charge in [0.2, 0.25) is 0 Å². The van der Waals surface area contributed by atoms with E-state index in [-0.39, 0.29) is 98.5 Å². The van der Waals surface area contributed by atoms with Gasteiger partial charge < -0.3 is 4.48 Å². The number of hydrogen-bond donors (Lipinski definition) is 0. The molecule has 0 saturated carbocycles. The first kappa shape index (κ1) is 14.0. The Balaban J connectivity index is 0.000000500. The van der Waals surface area contributed by atoms with Gasteiger partial charge in [-0.3, -0.25) is 0 Å². The predicted molar refractivity (Wildman–Crippen MR) is 38.1 cm³/mol. The molecule has 3 heteroatoms. The summed E-state index contributed by atoms with van der Waals surface area (Å²) in [5.41, 5.74) is 0. The molecule has 52 valence electrons. The summed E-state index contributed by atoms with van der Waals surface area (Å²) in [5, 5.41) is 0. The van der Waals surface area contributed by atoms with E-state index in [9.17, 15) is 0 Å². The Morgan fingerprint density at radius 3 is 1.55 bits per heavy atom. The predicted octanol–water partition coefficient (Wildman–Crippen LogP) is -4.75. The quantitative estimate of drug-likeness (QED) is 0.309. The Bertz CT molecular complexity index is 107. The summed E-state index contributed by atoms with van der Waals surface area (Å²) in [6.45, 7) is 4.39. The molecule has 0 N–H and O–H groups in total. The topological polar surface area (TPSA) is 0 Å². The van der Waals surface area contributed by atoms with E-state index in [1.54, 1.807) is 0 Å². The van der Waals surface area contributed by atoms with Crippen LogP contribution >= 0.6 is 0 Å². The molecule has 0 atom stereocenters. The molecule has 1 nitrogen and oxygen atoms in total. The van der Waals surface area contributed by atoms with Crippen molar-refractivity contribution in [3.63, 3.8) is 0 Å². The van der Waals surface area contributed by atoms with Crippen molar-refractivity contribution in [3.05, 3.63) is 0 Å². The van der Waals surface area contributed by atoms with Gasteiger partial charge in [0.15, 0.2) is 0 Å². The minimum absolute atomic E-state index is 0. The van der Waals surface area contributed by atoms with Crippen LogP contribution in [-0.2, 0) is 0 Å². The Kier molecular flexibility index (Phi) is 7.37. The largest absolute Gasteiger partial charge is 1.00 e. The Morgan fingerprint density at radius 2 is 1.36 bits per heavy atom. The molecule has 0 unspecified atom stereocenters. The van der Waals surface area contributed by atoms with Crippen molar-refractivity contribution in [1.29, 1.82) is 0 Å². The minimum Gasteiger partial charge on any atom is -0.326 e.